The normalized spacial score (nSPS) is 21.0. The average molecular weight is 1690 g/mol. The SMILES string of the molecule is CCCCCCCC1CCC(CCc2ccc(S)cc2)CC1.CCCCCCCC1CCC(CCc2ccc(S)cc2)CC1.CCCCCCCC1CCC(CCc2ccc(S)cc2)CC1.CCCCCCCC1CCC(CCc2ccc(S)cc2)CC1.CCCCCCCC1CCC(CCc2ccc(S)cc2)CC1.F.F.F.F.F. The summed E-state index contributed by atoms with van der Waals surface area (Å²) in [6, 6.07) is 43.6. The number of halogens is 5. The first-order chi connectivity index (χ1) is 53.9. The Labute approximate surface area is 733 Å². The second-order valence-electron chi connectivity index (χ2n) is 36.5. The van der Waals surface area contributed by atoms with Crippen molar-refractivity contribution in [3.05, 3.63) is 149 Å². The van der Waals surface area contributed by atoms with E-state index >= 15 is 0 Å². The number of aryl methyl sites for hydroxylation is 5. The molecule has 115 heavy (non-hydrogen) atoms. The van der Waals surface area contributed by atoms with Crippen molar-refractivity contribution in [3.8, 4) is 0 Å². The molecule has 0 aliphatic heterocycles. The minimum Gasteiger partial charge on any atom is -0.269 e. The molecule has 0 amide bonds. The topological polar surface area (TPSA) is 0 Å². The standard InChI is InChI=1S/5C21H34S.5FH/c5*1-2-3-4-5-6-7-18-8-10-19(11-9-18)12-13-20-14-16-21(22)17-15-20;;;;;/h5*14-19,22H,2-13H2,1H3;5*1H. The van der Waals surface area contributed by atoms with Crippen molar-refractivity contribution in [1.29, 1.82) is 0 Å². The summed E-state index contributed by atoms with van der Waals surface area (Å²) in [5, 5.41) is 0. The van der Waals surface area contributed by atoms with Crippen LogP contribution in [0.3, 0.4) is 0 Å². The molecular formula is C105H175F5S5. The minimum atomic E-state index is 0. The zero-order valence-corrected chi connectivity index (χ0v) is 78.5. The van der Waals surface area contributed by atoms with E-state index in [1.165, 1.54) is 413 Å². The van der Waals surface area contributed by atoms with Gasteiger partial charge in [-0.1, -0.05) is 416 Å². The van der Waals surface area contributed by atoms with Crippen LogP contribution in [-0.4, -0.2) is 0 Å². The van der Waals surface area contributed by atoms with E-state index in [9.17, 15) is 0 Å². The highest BCUT2D eigenvalue weighted by atomic mass is 32.1. The van der Waals surface area contributed by atoms with Gasteiger partial charge in [0.05, 0.1) is 0 Å². The molecule has 10 rings (SSSR count). The molecule has 0 heterocycles. The van der Waals surface area contributed by atoms with Crippen LogP contribution in [0.5, 0.6) is 0 Å². The number of thiol groups is 5. The number of rotatable bonds is 45. The lowest BCUT2D eigenvalue weighted by Gasteiger charge is -2.28. The molecule has 660 valence electrons. The van der Waals surface area contributed by atoms with Gasteiger partial charge in [0.2, 0.25) is 0 Å². The summed E-state index contributed by atoms with van der Waals surface area (Å²) >= 11 is 21.8. The van der Waals surface area contributed by atoms with Crippen LogP contribution >= 0.6 is 63.1 Å². The zero-order valence-electron chi connectivity index (χ0n) is 74.0. The highest BCUT2D eigenvalue weighted by Crippen LogP contribution is 2.40. The third-order valence-electron chi connectivity index (χ3n) is 27.3. The van der Waals surface area contributed by atoms with Crippen molar-refractivity contribution in [1.82, 2.24) is 0 Å². The summed E-state index contributed by atoms with van der Waals surface area (Å²) in [5.74, 6) is 10.1. The fraction of sp³-hybridized carbons (Fsp3) is 0.714. The average Bonchev–Trinajstić information content (AvgIpc) is 0.912. The van der Waals surface area contributed by atoms with E-state index in [4.69, 9.17) is 0 Å². The first-order valence-corrected chi connectivity index (χ1v) is 50.0. The fourth-order valence-corrected chi connectivity index (χ4v) is 20.1. The summed E-state index contributed by atoms with van der Waals surface area (Å²) in [5.41, 5.74) is 7.41. The lowest BCUT2D eigenvalue weighted by Crippen LogP contribution is -2.15. The third-order valence-corrected chi connectivity index (χ3v) is 28.8. The molecule has 0 N–H and O–H groups in total. The molecule has 0 nitrogen and oxygen atoms in total. The quantitative estimate of drug-likeness (QED) is 0.0143. The zero-order chi connectivity index (χ0) is 78.1. The van der Waals surface area contributed by atoms with E-state index in [0.717, 1.165) is 83.7 Å². The Balaban J connectivity index is 0.000000711. The summed E-state index contributed by atoms with van der Waals surface area (Å²) in [4.78, 5) is 5.36. The molecule has 0 radical (unpaired) electrons. The second-order valence-corrected chi connectivity index (χ2v) is 39.1. The van der Waals surface area contributed by atoms with Gasteiger partial charge in [0.1, 0.15) is 0 Å². The van der Waals surface area contributed by atoms with Crippen LogP contribution in [0.4, 0.5) is 23.5 Å². The van der Waals surface area contributed by atoms with Gasteiger partial charge < -0.3 is 0 Å². The van der Waals surface area contributed by atoms with Gasteiger partial charge in [0.15, 0.2) is 0 Å². The van der Waals surface area contributed by atoms with E-state index in [0.29, 0.717) is 0 Å². The van der Waals surface area contributed by atoms with E-state index < -0.39 is 0 Å². The van der Waals surface area contributed by atoms with Crippen molar-refractivity contribution in [2.75, 3.05) is 0 Å². The molecule has 5 aliphatic rings. The Bertz CT molecular complexity index is 2430. The molecule has 5 saturated carbocycles. The van der Waals surface area contributed by atoms with Crippen molar-refractivity contribution in [2.24, 2.45) is 59.2 Å². The highest BCUT2D eigenvalue weighted by Gasteiger charge is 2.26. The number of unbranched alkanes of at least 4 members (excludes halogenated alkanes) is 20. The Hall–Kier alpha value is -2.50. The van der Waals surface area contributed by atoms with Crippen LogP contribution in [0.25, 0.3) is 0 Å². The summed E-state index contributed by atoms with van der Waals surface area (Å²) in [6.07, 6.45) is 86.3. The van der Waals surface area contributed by atoms with E-state index in [2.05, 4.69) is 219 Å². The molecule has 0 aromatic heterocycles. The molecule has 5 aromatic rings. The van der Waals surface area contributed by atoms with Crippen molar-refractivity contribution in [2.45, 2.75) is 444 Å². The first-order valence-electron chi connectivity index (χ1n) is 47.8. The van der Waals surface area contributed by atoms with E-state index in [1.807, 2.05) is 0 Å². The highest BCUT2D eigenvalue weighted by molar-refractivity contribution is 7.81. The van der Waals surface area contributed by atoms with Crippen LogP contribution < -0.4 is 0 Å². The summed E-state index contributed by atoms with van der Waals surface area (Å²) < 4.78 is 0. The van der Waals surface area contributed by atoms with Gasteiger partial charge in [-0.05, 0) is 212 Å². The van der Waals surface area contributed by atoms with Gasteiger partial charge in [-0.3, -0.25) is 23.5 Å². The van der Waals surface area contributed by atoms with Gasteiger partial charge in [-0.25, -0.2) is 0 Å². The maximum Gasteiger partial charge on any atom is 0.00401 e. The lowest BCUT2D eigenvalue weighted by molar-refractivity contribution is 0.248. The van der Waals surface area contributed by atoms with Crippen LogP contribution in [0.2, 0.25) is 0 Å². The molecule has 0 unspecified atom stereocenters. The predicted molar refractivity (Wildman–Crippen MR) is 517 cm³/mol. The van der Waals surface area contributed by atoms with Crippen LogP contribution in [0.1, 0.15) is 416 Å². The Morgan fingerprint density at radius 2 is 0.278 bits per heavy atom. The largest absolute Gasteiger partial charge is 0.269 e. The Morgan fingerprint density at radius 1 is 0.165 bits per heavy atom. The molecule has 5 aromatic carbocycles. The van der Waals surface area contributed by atoms with Gasteiger partial charge in [0.25, 0.3) is 0 Å². The number of hydrogen-bond donors (Lipinski definition) is 5. The summed E-state index contributed by atoms with van der Waals surface area (Å²) in [7, 11) is 0. The maximum absolute atomic E-state index is 4.36. The van der Waals surface area contributed by atoms with Crippen LogP contribution in [0.15, 0.2) is 146 Å². The van der Waals surface area contributed by atoms with Crippen molar-refractivity contribution >= 4 is 63.1 Å². The molecule has 0 saturated heterocycles. The Morgan fingerprint density at radius 3 is 0.400 bits per heavy atom. The predicted octanol–water partition coefficient (Wildman–Crippen LogP) is 36.1. The smallest absolute Gasteiger partial charge is 0.00401 e. The minimum absolute atomic E-state index is 0. The number of benzene rings is 5. The number of hydrogen-bond acceptors (Lipinski definition) is 5. The molecule has 0 atom stereocenters. The van der Waals surface area contributed by atoms with E-state index in [-0.39, 0.29) is 23.5 Å². The van der Waals surface area contributed by atoms with Crippen molar-refractivity contribution < 1.29 is 23.5 Å². The second kappa shape index (κ2) is 72.0. The Kier molecular flexibility index (Phi) is 69.2. The summed E-state index contributed by atoms with van der Waals surface area (Å²) in [6.45, 7) is 11.5. The third kappa shape index (κ3) is 53.9. The monoisotopic (exact) mass is 1690 g/mol. The molecule has 0 bridgehead atoms. The maximum atomic E-state index is 4.36. The van der Waals surface area contributed by atoms with Crippen molar-refractivity contribution in [3.63, 3.8) is 0 Å². The van der Waals surface area contributed by atoms with Gasteiger partial charge in [-0.15, -0.1) is 63.1 Å². The van der Waals surface area contributed by atoms with Crippen LogP contribution in [-0.2, 0) is 32.1 Å². The van der Waals surface area contributed by atoms with E-state index in [1.54, 1.807) is 0 Å². The molecule has 0 spiro atoms. The molecular weight excluding hydrogens is 1520 g/mol. The molecule has 5 aliphatic carbocycles. The molecule has 5 fully saturated rings. The lowest BCUT2D eigenvalue weighted by atomic mass is 9.78. The molecule has 10 heteroatoms. The first kappa shape index (κ1) is 111. The van der Waals surface area contributed by atoms with Gasteiger partial charge in [0, 0.05) is 24.5 Å². The van der Waals surface area contributed by atoms with Gasteiger partial charge in [-0.2, -0.15) is 0 Å². The van der Waals surface area contributed by atoms with Crippen LogP contribution in [0, 0.1) is 59.2 Å². The van der Waals surface area contributed by atoms with Gasteiger partial charge >= 0.3 is 0 Å². The fourth-order valence-electron chi connectivity index (χ4n) is 19.4.